The Hall–Kier alpha value is -1.22. The van der Waals surface area contributed by atoms with Gasteiger partial charge in [0, 0.05) is 17.3 Å². The Kier molecular flexibility index (Phi) is 2.33. The number of hydrogen-bond donors (Lipinski definition) is 2. The Bertz CT molecular complexity index is 378. The van der Waals surface area contributed by atoms with E-state index in [9.17, 15) is 4.79 Å². The molecule has 0 unspecified atom stereocenters. The number of aliphatic carboxylic acids is 1. The first-order valence-corrected chi connectivity index (χ1v) is 4.79. The third-order valence-corrected chi connectivity index (χ3v) is 2.66. The zero-order valence-corrected chi connectivity index (χ0v) is 8.21. The monoisotopic (exact) mass is 211 g/mol. The molecule has 1 aliphatic rings. The lowest BCUT2D eigenvalue weighted by molar-refractivity contribution is -0.141. The van der Waals surface area contributed by atoms with E-state index in [2.05, 4.69) is 5.32 Å². The van der Waals surface area contributed by atoms with Gasteiger partial charge in [-0.3, -0.25) is 4.79 Å². The minimum Gasteiger partial charge on any atom is -0.481 e. The van der Waals surface area contributed by atoms with E-state index < -0.39 is 5.97 Å². The standard InChI is InChI=1S/C10H10ClNO2/c11-8-1-2-9-6(4-8)3-7(5-12-9)10(13)14/h1-2,4,7,12H,3,5H2,(H,13,14)/t7-/m0/s1. The number of hydrogen-bond acceptors (Lipinski definition) is 2. The first kappa shape index (κ1) is 9.34. The second-order valence-corrected chi connectivity index (χ2v) is 3.86. The molecule has 2 N–H and O–H groups in total. The van der Waals surface area contributed by atoms with Gasteiger partial charge in [0.1, 0.15) is 0 Å². The number of rotatable bonds is 1. The van der Waals surface area contributed by atoms with E-state index in [1.807, 2.05) is 12.1 Å². The highest BCUT2D eigenvalue weighted by Crippen LogP contribution is 2.27. The molecule has 0 saturated carbocycles. The van der Waals surface area contributed by atoms with Crippen LogP contribution in [0.2, 0.25) is 5.02 Å². The third-order valence-electron chi connectivity index (χ3n) is 2.42. The van der Waals surface area contributed by atoms with Crippen LogP contribution in [0, 0.1) is 5.92 Å². The number of carboxylic acids is 1. The van der Waals surface area contributed by atoms with Crippen molar-refractivity contribution in [3.63, 3.8) is 0 Å². The molecule has 0 radical (unpaired) electrons. The first-order valence-electron chi connectivity index (χ1n) is 4.42. The summed E-state index contributed by atoms with van der Waals surface area (Å²) in [5.41, 5.74) is 1.98. The van der Waals surface area contributed by atoms with Crippen molar-refractivity contribution in [1.29, 1.82) is 0 Å². The van der Waals surface area contributed by atoms with Crippen molar-refractivity contribution in [2.45, 2.75) is 6.42 Å². The van der Waals surface area contributed by atoms with Gasteiger partial charge in [0.25, 0.3) is 0 Å². The number of benzene rings is 1. The predicted molar refractivity (Wildman–Crippen MR) is 54.8 cm³/mol. The molecule has 14 heavy (non-hydrogen) atoms. The Morgan fingerprint density at radius 2 is 2.36 bits per heavy atom. The summed E-state index contributed by atoms with van der Waals surface area (Å²) in [7, 11) is 0. The fourth-order valence-corrected chi connectivity index (χ4v) is 1.84. The van der Waals surface area contributed by atoms with E-state index in [0.717, 1.165) is 11.3 Å². The van der Waals surface area contributed by atoms with E-state index in [0.29, 0.717) is 18.0 Å². The maximum absolute atomic E-state index is 10.8. The van der Waals surface area contributed by atoms with Crippen LogP contribution in [0.25, 0.3) is 0 Å². The third kappa shape index (κ3) is 1.68. The molecule has 0 aliphatic carbocycles. The van der Waals surface area contributed by atoms with Crippen LogP contribution in [-0.2, 0) is 11.2 Å². The van der Waals surface area contributed by atoms with Crippen LogP contribution in [0.4, 0.5) is 5.69 Å². The summed E-state index contributed by atoms with van der Waals surface area (Å²) in [5, 5.41) is 12.6. The molecule has 2 rings (SSSR count). The van der Waals surface area contributed by atoms with Crippen molar-refractivity contribution < 1.29 is 9.90 Å². The lowest BCUT2D eigenvalue weighted by Crippen LogP contribution is -2.29. The molecule has 0 amide bonds. The summed E-state index contributed by atoms with van der Waals surface area (Å²) in [6.45, 7) is 0.490. The normalized spacial score (nSPS) is 19.6. The van der Waals surface area contributed by atoms with Gasteiger partial charge in [0.05, 0.1) is 5.92 Å². The summed E-state index contributed by atoms with van der Waals surface area (Å²) >= 11 is 5.83. The van der Waals surface area contributed by atoms with Crippen molar-refractivity contribution in [2.24, 2.45) is 5.92 Å². The van der Waals surface area contributed by atoms with Crippen LogP contribution in [0.1, 0.15) is 5.56 Å². The summed E-state index contributed by atoms with van der Waals surface area (Å²) in [4.78, 5) is 10.8. The van der Waals surface area contributed by atoms with E-state index in [1.165, 1.54) is 0 Å². The zero-order chi connectivity index (χ0) is 10.1. The molecule has 1 heterocycles. The lowest BCUT2D eigenvalue weighted by atomic mass is 9.94. The molecule has 0 saturated heterocycles. The number of carbonyl (C=O) groups is 1. The van der Waals surface area contributed by atoms with E-state index >= 15 is 0 Å². The highest BCUT2D eigenvalue weighted by molar-refractivity contribution is 6.30. The summed E-state index contributed by atoms with van der Waals surface area (Å²) < 4.78 is 0. The molecule has 0 bridgehead atoms. The Morgan fingerprint density at radius 1 is 1.57 bits per heavy atom. The first-order chi connectivity index (χ1) is 6.66. The molecule has 0 spiro atoms. The second-order valence-electron chi connectivity index (χ2n) is 3.42. The predicted octanol–water partition coefficient (Wildman–Crippen LogP) is 2.01. The Morgan fingerprint density at radius 3 is 3.07 bits per heavy atom. The van der Waals surface area contributed by atoms with Gasteiger partial charge < -0.3 is 10.4 Å². The quantitative estimate of drug-likeness (QED) is 0.747. The van der Waals surface area contributed by atoms with Crippen molar-refractivity contribution in [3.05, 3.63) is 28.8 Å². The molecular weight excluding hydrogens is 202 g/mol. The minimum atomic E-state index is -0.761. The number of halogens is 1. The SMILES string of the molecule is O=C(O)[C@@H]1CNc2ccc(Cl)cc2C1. The second kappa shape index (κ2) is 3.50. The molecular formula is C10H10ClNO2. The van der Waals surface area contributed by atoms with Crippen LogP contribution >= 0.6 is 11.6 Å². The molecule has 4 heteroatoms. The Labute approximate surface area is 86.7 Å². The van der Waals surface area contributed by atoms with Crippen molar-refractivity contribution in [2.75, 3.05) is 11.9 Å². The fourth-order valence-electron chi connectivity index (χ4n) is 1.65. The van der Waals surface area contributed by atoms with Crippen LogP contribution < -0.4 is 5.32 Å². The van der Waals surface area contributed by atoms with Crippen LogP contribution in [-0.4, -0.2) is 17.6 Å². The largest absolute Gasteiger partial charge is 0.481 e. The highest BCUT2D eigenvalue weighted by atomic mass is 35.5. The van der Waals surface area contributed by atoms with Gasteiger partial charge in [-0.1, -0.05) is 11.6 Å². The molecule has 1 atom stereocenters. The van der Waals surface area contributed by atoms with E-state index in [4.69, 9.17) is 16.7 Å². The van der Waals surface area contributed by atoms with Gasteiger partial charge in [-0.15, -0.1) is 0 Å². The van der Waals surface area contributed by atoms with Gasteiger partial charge in [0.2, 0.25) is 0 Å². The summed E-state index contributed by atoms with van der Waals surface area (Å²) in [6, 6.07) is 5.50. The van der Waals surface area contributed by atoms with Gasteiger partial charge in [-0.2, -0.15) is 0 Å². The topological polar surface area (TPSA) is 49.3 Å². The van der Waals surface area contributed by atoms with Gasteiger partial charge in [-0.05, 0) is 30.2 Å². The molecule has 0 aromatic heterocycles. The molecule has 1 aromatic carbocycles. The van der Waals surface area contributed by atoms with Gasteiger partial charge in [-0.25, -0.2) is 0 Å². The lowest BCUT2D eigenvalue weighted by Gasteiger charge is -2.23. The number of fused-ring (bicyclic) bond motifs is 1. The van der Waals surface area contributed by atoms with Crippen molar-refractivity contribution in [1.82, 2.24) is 0 Å². The van der Waals surface area contributed by atoms with Gasteiger partial charge in [0.15, 0.2) is 0 Å². The molecule has 1 aromatic rings. The number of carboxylic acid groups (broad SMARTS) is 1. The molecule has 74 valence electrons. The molecule has 0 fully saturated rings. The van der Waals surface area contributed by atoms with Crippen LogP contribution in [0.5, 0.6) is 0 Å². The van der Waals surface area contributed by atoms with E-state index in [1.54, 1.807) is 6.07 Å². The highest BCUT2D eigenvalue weighted by Gasteiger charge is 2.23. The van der Waals surface area contributed by atoms with E-state index in [-0.39, 0.29) is 5.92 Å². The smallest absolute Gasteiger partial charge is 0.308 e. The van der Waals surface area contributed by atoms with Gasteiger partial charge >= 0.3 is 5.97 Å². The van der Waals surface area contributed by atoms with Crippen LogP contribution in [0.15, 0.2) is 18.2 Å². The van der Waals surface area contributed by atoms with Crippen molar-refractivity contribution >= 4 is 23.3 Å². The van der Waals surface area contributed by atoms with Crippen LogP contribution in [0.3, 0.4) is 0 Å². The average molecular weight is 212 g/mol. The average Bonchev–Trinajstić information content (AvgIpc) is 2.16. The summed E-state index contributed by atoms with van der Waals surface area (Å²) in [5.74, 6) is -1.11. The molecule has 3 nitrogen and oxygen atoms in total. The fraction of sp³-hybridized carbons (Fsp3) is 0.300. The Balaban J connectivity index is 2.29. The number of anilines is 1. The maximum Gasteiger partial charge on any atom is 0.308 e. The maximum atomic E-state index is 10.8. The minimum absolute atomic E-state index is 0.346. The van der Waals surface area contributed by atoms with Crippen molar-refractivity contribution in [3.8, 4) is 0 Å². The zero-order valence-electron chi connectivity index (χ0n) is 7.46. The summed E-state index contributed by atoms with van der Waals surface area (Å²) in [6.07, 6.45) is 0.554. The molecule has 1 aliphatic heterocycles. The number of nitrogens with one attached hydrogen (secondary N) is 1.